The lowest BCUT2D eigenvalue weighted by molar-refractivity contribution is -0.137. The predicted molar refractivity (Wildman–Crippen MR) is 158 cm³/mol. The zero-order valence-corrected chi connectivity index (χ0v) is 23.5. The maximum Gasteiger partial charge on any atom is 0.236 e. The molecule has 2 heterocycles. The average Bonchev–Trinajstić information content (AvgIpc) is 3.31. The van der Waals surface area contributed by atoms with Crippen LogP contribution in [0.2, 0.25) is 0 Å². The number of fused-ring (bicyclic) bond motifs is 2. The summed E-state index contributed by atoms with van der Waals surface area (Å²) in [5, 5.41) is 2.99. The summed E-state index contributed by atoms with van der Waals surface area (Å²) in [4.78, 5) is 37.9. The molecule has 1 spiro atoms. The molecule has 1 aliphatic heterocycles. The van der Waals surface area contributed by atoms with Crippen LogP contribution < -0.4 is 5.32 Å². The molecule has 6 heteroatoms. The molecule has 39 heavy (non-hydrogen) atoms. The number of hydrogen-bond acceptors (Lipinski definition) is 4. The van der Waals surface area contributed by atoms with E-state index >= 15 is 0 Å². The van der Waals surface area contributed by atoms with Crippen LogP contribution in [0.25, 0.3) is 0 Å². The summed E-state index contributed by atoms with van der Waals surface area (Å²) < 4.78 is 0. The molecule has 1 aromatic rings. The van der Waals surface area contributed by atoms with Crippen molar-refractivity contribution in [1.29, 1.82) is 0 Å². The van der Waals surface area contributed by atoms with E-state index in [0.29, 0.717) is 24.7 Å². The lowest BCUT2D eigenvalue weighted by Gasteiger charge is -2.41. The lowest BCUT2D eigenvalue weighted by atomic mass is 9.79. The molecule has 3 fully saturated rings. The Labute approximate surface area is 233 Å². The van der Waals surface area contributed by atoms with Crippen LogP contribution in [0.1, 0.15) is 89.5 Å². The third-order valence-corrected chi connectivity index (χ3v) is 9.59. The molecule has 1 aromatic heterocycles. The second kappa shape index (κ2) is 12.0. The normalized spacial score (nSPS) is 28.6. The molecule has 2 amide bonds. The molecule has 2 unspecified atom stereocenters. The van der Waals surface area contributed by atoms with Crippen LogP contribution in [0.5, 0.6) is 0 Å². The summed E-state index contributed by atoms with van der Waals surface area (Å²) in [7, 11) is 0. The summed E-state index contributed by atoms with van der Waals surface area (Å²) >= 11 is 0. The van der Waals surface area contributed by atoms with Gasteiger partial charge in [0.05, 0.1) is 5.41 Å². The third kappa shape index (κ3) is 5.53. The molecular weight excluding hydrogens is 484 g/mol. The largest absolute Gasteiger partial charge is 0.314 e. The molecule has 208 valence electrons. The topological polar surface area (TPSA) is 74.7 Å². The first-order valence-corrected chi connectivity index (χ1v) is 15.1. The number of aliphatic imine (C=N–C) groups is 1. The predicted octanol–water partition coefficient (Wildman–Crippen LogP) is 6.76. The molecule has 3 aliphatic carbocycles. The summed E-state index contributed by atoms with van der Waals surface area (Å²) in [5.41, 5.74) is 0.0738. The van der Waals surface area contributed by atoms with E-state index in [1.54, 1.807) is 6.20 Å². The standard InChI is InChI=1S/C33H44N4O2/c1-3-26-22-32(28-17-13-20-34-30(28)36-31(32)39)23-27(26)16-8-7-11-21-37(29(38)4-2)33(18-9-5-6-10-19-33)35-24-25-14-12-15-25/h3,7-8,11,13,16-17,20,24-27H,1,4-6,9-10,12,14-15,18-19,21-23H2,2H3,(H,34,36,39)/b11-7+,16-8+,35-24+/t26?,27?,32-/m1/s1. The van der Waals surface area contributed by atoms with Gasteiger partial charge < -0.3 is 10.2 Å². The van der Waals surface area contributed by atoms with Crippen LogP contribution in [-0.2, 0) is 15.0 Å². The number of pyridine rings is 1. The van der Waals surface area contributed by atoms with Crippen LogP contribution in [0.4, 0.5) is 5.82 Å². The van der Waals surface area contributed by atoms with Gasteiger partial charge in [0.2, 0.25) is 11.8 Å². The number of rotatable bonds is 9. The fraction of sp³-hybridized carbons (Fsp3) is 0.576. The molecular formula is C33H44N4O2. The summed E-state index contributed by atoms with van der Waals surface area (Å²) in [6.45, 7) is 6.60. The molecule has 1 N–H and O–H groups in total. The van der Waals surface area contributed by atoms with Crippen molar-refractivity contribution in [3.8, 4) is 0 Å². The molecule has 4 aliphatic rings. The highest BCUT2D eigenvalue weighted by Crippen LogP contribution is 2.53. The van der Waals surface area contributed by atoms with Crippen molar-refractivity contribution in [2.24, 2.45) is 22.7 Å². The Morgan fingerprint density at radius 1 is 1.15 bits per heavy atom. The maximum atomic E-state index is 13.2. The van der Waals surface area contributed by atoms with E-state index in [1.807, 2.05) is 25.1 Å². The Kier molecular flexibility index (Phi) is 8.49. The fourth-order valence-corrected chi connectivity index (χ4v) is 7.05. The lowest BCUT2D eigenvalue weighted by Crippen LogP contribution is -2.50. The van der Waals surface area contributed by atoms with Crippen LogP contribution in [0, 0.1) is 17.8 Å². The minimum Gasteiger partial charge on any atom is -0.314 e. The van der Waals surface area contributed by atoms with Gasteiger partial charge in [0.1, 0.15) is 11.5 Å². The summed E-state index contributed by atoms with van der Waals surface area (Å²) in [6, 6.07) is 3.94. The Hall–Kier alpha value is -3.02. The molecule has 3 saturated carbocycles. The zero-order valence-electron chi connectivity index (χ0n) is 23.5. The highest BCUT2D eigenvalue weighted by atomic mass is 16.2. The Morgan fingerprint density at radius 2 is 1.92 bits per heavy atom. The van der Waals surface area contributed by atoms with Gasteiger partial charge in [-0.3, -0.25) is 14.6 Å². The van der Waals surface area contributed by atoms with Crippen LogP contribution >= 0.6 is 0 Å². The van der Waals surface area contributed by atoms with Crippen LogP contribution in [-0.4, -0.2) is 40.1 Å². The van der Waals surface area contributed by atoms with Gasteiger partial charge in [0, 0.05) is 30.9 Å². The number of nitrogens with zero attached hydrogens (tertiary/aromatic N) is 3. The van der Waals surface area contributed by atoms with E-state index < -0.39 is 11.1 Å². The van der Waals surface area contributed by atoms with Crippen molar-refractivity contribution < 1.29 is 9.59 Å². The number of anilines is 1. The Bertz CT molecular complexity index is 1140. The zero-order chi connectivity index (χ0) is 27.3. The van der Waals surface area contributed by atoms with Gasteiger partial charge in [-0.25, -0.2) is 4.98 Å². The van der Waals surface area contributed by atoms with Crippen LogP contribution in [0.15, 0.2) is 60.3 Å². The van der Waals surface area contributed by atoms with E-state index in [2.05, 4.69) is 52.3 Å². The number of carbonyl (C=O) groups is 2. The molecule has 6 nitrogen and oxygen atoms in total. The highest BCUT2D eigenvalue weighted by molar-refractivity contribution is 6.05. The van der Waals surface area contributed by atoms with Gasteiger partial charge in [-0.15, -0.1) is 6.58 Å². The van der Waals surface area contributed by atoms with Gasteiger partial charge in [-0.1, -0.05) is 62.6 Å². The summed E-state index contributed by atoms with van der Waals surface area (Å²) in [5.74, 6) is 1.96. The number of aromatic nitrogens is 1. The van der Waals surface area contributed by atoms with Gasteiger partial charge in [0.15, 0.2) is 0 Å². The Balaban J connectivity index is 1.29. The molecule has 0 saturated heterocycles. The monoisotopic (exact) mass is 528 g/mol. The first-order chi connectivity index (χ1) is 19.0. The minimum atomic E-state index is -0.532. The SMILES string of the molecule is C=CC1C[C@]2(CC1/C=C/C=C/CN(C(=O)CC)C1(/N=C/C3CCC3)CCCCCC1)C(=O)Nc1ncccc12. The van der Waals surface area contributed by atoms with Gasteiger partial charge in [-0.05, 0) is 75.2 Å². The molecule has 5 rings (SSSR count). The third-order valence-electron chi connectivity index (χ3n) is 9.59. The molecule has 3 atom stereocenters. The van der Waals surface area contributed by atoms with Crippen molar-refractivity contribution in [2.75, 3.05) is 11.9 Å². The van der Waals surface area contributed by atoms with E-state index in [0.717, 1.165) is 44.1 Å². The van der Waals surface area contributed by atoms with E-state index in [-0.39, 0.29) is 23.7 Å². The summed E-state index contributed by atoms with van der Waals surface area (Å²) in [6.07, 6.45) is 26.7. The number of hydrogen-bond donors (Lipinski definition) is 1. The number of carbonyl (C=O) groups excluding carboxylic acids is 2. The van der Waals surface area contributed by atoms with Crippen LogP contribution in [0.3, 0.4) is 0 Å². The smallest absolute Gasteiger partial charge is 0.236 e. The number of nitrogens with one attached hydrogen (secondary N) is 1. The number of allylic oxidation sites excluding steroid dienone is 4. The van der Waals surface area contributed by atoms with Crippen molar-refractivity contribution >= 4 is 23.8 Å². The van der Waals surface area contributed by atoms with Crippen molar-refractivity contribution in [3.63, 3.8) is 0 Å². The average molecular weight is 529 g/mol. The minimum absolute atomic E-state index is 0.0550. The second-order valence-corrected chi connectivity index (χ2v) is 11.9. The highest BCUT2D eigenvalue weighted by Gasteiger charge is 2.54. The van der Waals surface area contributed by atoms with Crippen molar-refractivity contribution in [2.45, 2.75) is 95.1 Å². The second-order valence-electron chi connectivity index (χ2n) is 11.9. The first kappa shape index (κ1) is 27.5. The van der Waals surface area contributed by atoms with Gasteiger partial charge in [-0.2, -0.15) is 0 Å². The van der Waals surface area contributed by atoms with E-state index in [4.69, 9.17) is 4.99 Å². The van der Waals surface area contributed by atoms with Crippen molar-refractivity contribution in [1.82, 2.24) is 9.88 Å². The molecule has 0 aromatic carbocycles. The van der Waals surface area contributed by atoms with Gasteiger partial charge >= 0.3 is 0 Å². The number of amides is 2. The van der Waals surface area contributed by atoms with E-state index in [9.17, 15) is 9.59 Å². The van der Waals surface area contributed by atoms with Gasteiger partial charge in [0.25, 0.3) is 0 Å². The molecule has 0 radical (unpaired) electrons. The van der Waals surface area contributed by atoms with E-state index in [1.165, 1.54) is 32.1 Å². The quantitative estimate of drug-likeness (QED) is 0.167. The Morgan fingerprint density at radius 3 is 2.62 bits per heavy atom. The first-order valence-electron chi connectivity index (χ1n) is 15.1. The molecule has 0 bridgehead atoms. The maximum absolute atomic E-state index is 13.2. The fourth-order valence-electron chi connectivity index (χ4n) is 7.05. The van der Waals surface area contributed by atoms with Crippen molar-refractivity contribution in [3.05, 3.63) is 60.9 Å².